The molecule has 0 amide bonds. The summed E-state index contributed by atoms with van der Waals surface area (Å²) in [4.78, 5) is 12.4. The molecule has 0 bridgehead atoms. The number of hydrogen-bond donors (Lipinski definition) is 0. The molecular formula is C20H38O6Si. The lowest BCUT2D eigenvalue weighted by Gasteiger charge is -2.31. The highest BCUT2D eigenvalue weighted by atomic mass is 28.4. The van der Waals surface area contributed by atoms with Gasteiger partial charge in [-0.1, -0.05) is 0 Å². The molecule has 0 aliphatic heterocycles. The summed E-state index contributed by atoms with van der Waals surface area (Å²) in [5.74, 6) is 0.0407. The average molecular weight is 403 g/mol. The van der Waals surface area contributed by atoms with Gasteiger partial charge in [0.05, 0.1) is 18.1 Å². The number of esters is 1. The monoisotopic (exact) mass is 402 g/mol. The van der Waals surface area contributed by atoms with Gasteiger partial charge in [0.1, 0.15) is 6.10 Å². The Labute approximate surface area is 165 Å². The molecule has 7 heteroatoms. The molecule has 0 radical (unpaired) electrons. The zero-order valence-corrected chi connectivity index (χ0v) is 18.5. The molecule has 0 aromatic rings. The van der Waals surface area contributed by atoms with Crippen molar-refractivity contribution in [3.63, 3.8) is 0 Å². The molecule has 0 atom stereocenters. The molecule has 0 aromatic carbocycles. The first-order valence-electron chi connectivity index (χ1n) is 10.4. The third kappa shape index (κ3) is 7.46. The first-order chi connectivity index (χ1) is 13.0. The van der Waals surface area contributed by atoms with Crippen molar-refractivity contribution in [3.05, 3.63) is 0 Å². The van der Waals surface area contributed by atoms with Gasteiger partial charge in [0, 0.05) is 27.9 Å². The lowest BCUT2D eigenvalue weighted by Crippen LogP contribution is -2.36. The smallest absolute Gasteiger partial charge is 0.334 e. The highest BCUT2D eigenvalue weighted by Gasteiger charge is 2.31. The van der Waals surface area contributed by atoms with E-state index in [1.165, 1.54) is 0 Å². The van der Waals surface area contributed by atoms with E-state index in [1.54, 1.807) is 21.3 Å². The Hall–Kier alpha value is -0.473. The van der Waals surface area contributed by atoms with Crippen molar-refractivity contribution in [2.24, 2.45) is 5.92 Å². The van der Waals surface area contributed by atoms with E-state index in [0.29, 0.717) is 6.10 Å². The van der Waals surface area contributed by atoms with Crippen LogP contribution in [0.1, 0.15) is 57.8 Å². The van der Waals surface area contributed by atoms with E-state index in [0.717, 1.165) is 70.4 Å². The van der Waals surface area contributed by atoms with E-state index in [4.69, 9.17) is 23.1 Å². The predicted molar refractivity (Wildman–Crippen MR) is 106 cm³/mol. The van der Waals surface area contributed by atoms with Gasteiger partial charge in [-0.05, 0) is 70.4 Å². The minimum atomic E-state index is -1.99. The Kier molecular flexibility index (Phi) is 9.72. The van der Waals surface area contributed by atoms with Crippen molar-refractivity contribution in [1.82, 2.24) is 0 Å². The van der Waals surface area contributed by atoms with Crippen LogP contribution in [-0.2, 0) is 27.9 Å². The quantitative estimate of drug-likeness (QED) is 0.314. The highest BCUT2D eigenvalue weighted by molar-refractivity contribution is 6.65. The van der Waals surface area contributed by atoms with Gasteiger partial charge in [0.2, 0.25) is 0 Å². The van der Waals surface area contributed by atoms with Crippen molar-refractivity contribution in [3.8, 4) is 0 Å². The standard InChI is InChI=1S/C20H38O6Si/c1-22-17-10-12-19(13-11-17)26-20(21)16-6-8-18(9-7-16)25-14-5-15-27(4,23-2)24-3/h16-19H,5-15H2,1-4H3. The van der Waals surface area contributed by atoms with Crippen LogP contribution in [0.2, 0.25) is 12.6 Å². The predicted octanol–water partition coefficient (Wildman–Crippen LogP) is 3.82. The van der Waals surface area contributed by atoms with Gasteiger partial charge in [-0.2, -0.15) is 0 Å². The fraction of sp³-hybridized carbons (Fsp3) is 0.950. The van der Waals surface area contributed by atoms with E-state index >= 15 is 0 Å². The second-order valence-electron chi connectivity index (χ2n) is 8.06. The summed E-state index contributed by atoms with van der Waals surface area (Å²) >= 11 is 0. The number of rotatable bonds is 10. The summed E-state index contributed by atoms with van der Waals surface area (Å²) in [7, 11) is 3.21. The first kappa shape index (κ1) is 22.8. The molecule has 0 heterocycles. The van der Waals surface area contributed by atoms with Gasteiger partial charge in [-0.3, -0.25) is 4.79 Å². The number of ether oxygens (including phenoxy) is 3. The molecule has 0 saturated heterocycles. The molecule has 0 unspecified atom stereocenters. The van der Waals surface area contributed by atoms with Gasteiger partial charge < -0.3 is 23.1 Å². The maximum absolute atomic E-state index is 12.4. The van der Waals surface area contributed by atoms with Gasteiger partial charge in [0.15, 0.2) is 0 Å². The fourth-order valence-corrected chi connectivity index (χ4v) is 5.40. The number of carbonyl (C=O) groups excluding carboxylic acids is 1. The Morgan fingerprint density at radius 1 is 0.852 bits per heavy atom. The summed E-state index contributed by atoms with van der Waals surface area (Å²) in [5, 5.41) is 0. The van der Waals surface area contributed by atoms with Gasteiger partial charge >= 0.3 is 14.5 Å². The molecule has 2 fully saturated rings. The van der Waals surface area contributed by atoms with Crippen LogP contribution in [0.15, 0.2) is 0 Å². The van der Waals surface area contributed by atoms with Gasteiger partial charge in [-0.15, -0.1) is 0 Å². The van der Waals surface area contributed by atoms with Crippen LogP contribution in [0.5, 0.6) is 0 Å². The Morgan fingerprint density at radius 3 is 1.96 bits per heavy atom. The number of methoxy groups -OCH3 is 1. The minimum absolute atomic E-state index is 0.00345. The van der Waals surface area contributed by atoms with Crippen molar-refractivity contribution < 1.29 is 27.9 Å². The lowest BCUT2D eigenvalue weighted by atomic mass is 9.87. The van der Waals surface area contributed by atoms with E-state index in [9.17, 15) is 4.79 Å². The normalized spacial score (nSPS) is 29.5. The van der Waals surface area contributed by atoms with Crippen molar-refractivity contribution in [1.29, 1.82) is 0 Å². The summed E-state index contributed by atoms with van der Waals surface area (Å²) in [6, 6.07) is 0.937. The molecule has 27 heavy (non-hydrogen) atoms. The topological polar surface area (TPSA) is 63.2 Å². The number of hydrogen-bond acceptors (Lipinski definition) is 6. The molecule has 2 aliphatic rings. The van der Waals surface area contributed by atoms with Crippen LogP contribution < -0.4 is 0 Å². The Morgan fingerprint density at radius 2 is 1.41 bits per heavy atom. The summed E-state index contributed by atoms with van der Waals surface area (Å²) in [6.07, 6.45) is 9.10. The maximum atomic E-state index is 12.4. The molecule has 158 valence electrons. The molecule has 2 saturated carbocycles. The van der Waals surface area contributed by atoms with Crippen molar-refractivity contribution in [2.45, 2.75) is 88.7 Å². The molecular weight excluding hydrogens is 364 g/mol. The van der Waals surface area contributed by atoms with Crippen LogP contribution in [-0.4, -0.2) is 60.8 Å². The largest absolute Gasteiger partial charge is 0.462 e. The second kappa shape index (κ2) is 11.5. The average Bonchev–Trinajstić information content (AvgIpc) is 2.72. The SMILES string of the molecule is COC1CCC(OC(=O)C2CCC(OCCC[Si](C)(OC)OC)CC2)CC1. The summed E-state index contributed by atoms with van der Waals surface area (Å²) < 4.78 is 28.1. The van der Waals surface area contributed by atoms with Crippen LogP contribution in [0.25, 0.3) is 0 Å². The zero-order valence-electron chi connectivity index (χ0n) is 17.5. The van der Waals surface area contributed by atoms with Crippen molar-refractivity contribution >= 4 is 14.5 Å². The Balaban J connectivity index is 1.59. The van der Waals surface area contributed by atoms with Gasteiger partial charge in [-0.25, -0.2) is 0 Å². The van der Waals surface area contributed by atoms with E-state index < -0.39 is 8.56 Å². The summed E-state index contributed by atoms with van der Waals surface area (Å²) in [5.41, 5.74) is 0. The maximum Gasteiger partial charge on any atom is 0.334 e. The first-order valence-corrected chi connectivity index (χ1v) is 13.0. The van der Waals surface area contributed by atoms with Crippen molar-refractivity contribution in [2.75, 3.05) is 27.9 Å². The molecule has 2 aliphatic carbocycles. The minimum Gasteiger partial charge on any atom is -0.462 e. The molecule has 2 rings (SSSR count). The molecule has 6 nitrogen and oxygen atoms in total. The van der Waals surface area contributed by atoms with E-state index in [2.05, 4.69) is 6.55 Å². The van der Waals surface area contributed by atoms with Crippen LogP contribution in [0, 0.1) is 5.92 Å². The third-order valence-corrected chi connectivity index (χ3v) is 9.23. The van der Waals surface area contributed by atoms with E-state index in [1.807, 2.05) is 0 Å². The highest BCUT2D eigenvalue weighted by Crippen LogP contribution is 2.30. The third-order valence-electron chi connectivity index (χ3n) is 6.24. The fourth-order valence-electron chi connectivity index (χ4n) is 4.04. The van der Waals surface area contributed by atoms with Crippen LogP contribution in [0.3, 0.4) is 0 Å². The molecule has 0 N–H and O–H groups in total. The summed E-state index contributed by atoms with van der Waals surface area (Å²) in [6.45, 7) is 2.81. The van der Waals surface area contributed by atoms with Crippen LogP contribution >= 0.6 is 0 Å². The lowest BCUT2D eigenvalue weighted by molar-refractivity contribution is -0.159. The van der Waals surface area contributed by atoms with E-state index in [-0.39, 0.29) is 24.1 Å². The molecule has 0 aromatic heterocycles. The second-order valence-corrected chi connectivity index (χ2v) is 11.6. The Bertz CT molecular complexity index is 426. The number of carbonyl (C=O) groups is 1. The zero-order chi connectivity index (χ0) is 19.7. The molecule has 0 spiro atoms. The van der Waals surface area contributed by atoms with Crippen LogP contribution in [0.4, 0.5) is 0 Å². The van der Waals surface area contributed by atoms with Gasteiger partial charge in [0.25, 0.3) is 0 Å².